The molecule has 0 saturated carbocycles. The smallest absolute Gasteiger partial charge is 0.163 e. The molecule has 0 aromatic carbocycles. The molecule has 0 fully saturated rings. The van der Waals surface area contributed by atoms with E-state index in [1.165, 1.54) is 0 Å². The summed E-state index contributed by atoms with van der Waals surface area (Å²) in [5, 5.41) is 28.5. The zero-order valence-corrected chi connectivity index (χ0v) is 14.7. The topological polar surface area (TPSA) is 99.4 Å². The average molecular weight is 333 g/mol. The van der Waals surface area contributed by atoms with Gasteiger partial charge in [0.2, 0.25) is 0 Å². The fraction of sp³-hybridized carbons (Fsp3) is 0.500. The van der Waals surface area contributed by atoms with Gasteiger partial charge in [-0.25, -0.2) is 15.0 Å². The Morgan fingerprint density at radius 3 is 1.04 bits per heavy atom. The van der Waals surface area contributed by atoms with Crippen molar-refractivity contribution in [2.75, 3.05) is 0 Å². The Hall–Kier alpha value is -2.37. The zero-order valence-electron chi connectivity index (χ0n) is 14.7. The number of aliphatic hydroxyl groups excluding tert-OH is 3. The van der Waals surface area contributed by atoms with Gasteiger partial charge >= 0.3 is 0 Å². The van der Waals surface area contributed by atoms with Crippen LogP contribution in [-0.2, 0) is 0 Å². The second-order valence-electron chi connectivity index (χ2n) is 5.52. The summed E-state index contributed by atoms with van der Waals surface area (Å²) < 4.78 is 0. The lowest BCUT2D eigenvalue weighted by molar-refractivity contribution is 0.472. The molecule has 1 heterocycles. The molecule has 0 atom stereocenters. The second-order valence-corrected chi connectivity index (χ2v) is 5.52. The maximum atomic E-state index is 9.50. The molecule has 24 heavy (non-hydrogen) atoms. The Morgan fingerprint density at radius 2 is 0.875 bits per heavy atom. The van der Waals surface area contributed by atoms with Crippen LogP contribution in [-0.4, -0.2) is 30.3 Å². The summed E-state index contributed by atoms with van der Waals surface area (Å²) >= 11 is 0. The number of hydrogen-bond donors (Lipinski definition) is 3. The van der Waals surface area contributed by atoms with E-state index in [0.717, 1.165) is 38.0 Å². The van der Waals surface area contributed by atoms with Crippen molar-refractivity contribution in [2.24, 2.45) is 0 Å². The molecule has 1 rings (SSSR count). The lowest BCUT2D eigenvalue weighted by Crippen LogP contribution is -2.08. The Kier molecular flexibility index (Phi) is 8.54. The summed E-state index contributed by atoms with van der Waals surface area (Å²) in [5.41, 5.74) is 1.81. The summed E-state index contributed by atoms with van der Waals surface area (Å²) in [6, 6.07) is 0. The van der Waals surface area contributed by atoms with Crippen LogP contribution in [0.5, 0.6) is 0 Å². The fourth-order valence-electron chi connectivity index (χ4n) is 2.32. The van der Waals surface area contributed by atoms with E-state index in [4.69, 9.17) is 0 Å². The van der Waals surface area contributed by atoms with Gasteiger partial charge in [0, 0.05) is 16.7 Å². The number of allylic oxidation sites excluding steroid dienone is 3. The van der Waals surface area contributed by atoms with Gasteiger partial charge in [-0.05, 0) is 19.3 Å². The summed E-state index contributed by atoms with van der Waals surface area (Å²) in [4.78, 5) is 13.2. The van der Waals surface area contributed by atoms with Gasteiger partial charge in [-0.15, -0.1) is 0 Å². The molecule has 6 nitrogen and oxygen atoms in total. The number of rotatable bonds is 9. The Morgan fingerprint density at radius 1 is 0.625 bits per heavy atom. The maximum absolute atomic E-state index is 9.50. The van der Waals surface area contributed by atoms with E-state index in [1.54, 1.807) is 0 Å². The highest BCUT2D eigenvalue weighted by atomic mass is 16.2. The first-order valence-corrected chi connectivity index (χ1v) is 8.41. The van der Waals surface area contributed by atoms with Crippen LogP contribution >= 0.6 is 0 Å². The molecule has 0 saturated heterocycles. The minimum absolute atomic E-state index is 0.366. The molecule has 0 spiro atoms. The van der Waals surface area contributed by atoms with Crippen molar-refractivity contribution in [3.8, 4) is 0 Å². The third-order valence-electron chi connectivity index (χ3n) is 3.52. The minimum Gasteiger partial charge on any atom is -0.515 e. The summed E-state index contributed by atoms with van der Waals surface area (Å²) in [6.07, 6.45) is 7.39. The van der Waals surface area contributed by atoms with Crippen molar-refractivity contribution in [2.45, 2.75) is 59.3 Å². The van der Waals surface area contributed by atoms with Crippen molar-refractivity contribution in [3.05, 3.63) is 36.3 Å². The first-order chi connectivity index (χ1) is 11.6. The van der Waals surface area contributed by atoms with E-state index in [1.807, 2.05) is 20.8 Å². The highest BCUT2D eigenvalue weighted by Gasteiger charge is 2.16. The monoisotopic (exact) mass is 333 g/mol. The molecule has 0 radical (unpaired) electrons. The molecule has 0 bridgehead atoms. The first-order valence-electron chi connectivity index (χ1n) is 8.41. The normalized spacial score (nSPS) is 13.4. The minimum atomic E-state index is 0.366. The van der Waals surface area contributed by atoms with Gasteiger partial charge in [0.15, 0.2) is 17.5 Å². The van der Waals surface area contributed by atoms with Crippen LogP contribution in [0, 0.1) is 0 Å². The van der Waals surface area contributed by atoms with E-state index in [9.17, 15) is 15.3 Å². The lowest BCUT2D eigenvalue weighted by Gasteiger charge is -2.11. The molecule has 0 amide bonds. The van der Waals surface area contributed by atoms with Crippen LogP contribution in [0.3, 0.4) is 0 Å². The maximum Gasteiger partial charge on any atom is 0.163 e. The fourth-order valence-corrected chi connectivity index (χ4v) is 2.32. The van der Waals surface area contributed by atoms with Gasteiger partial charge in [0.05, 0.1) is 18.8 Å². The van der Waals surface area contributed by atoms with Gasteiger partial charge in [0.1, 0.15) is 0 Å². The second kappa shape index (κ2) is 10.4. The molecule has 132 valence electrons. The highest BCUT2D eigenvalue weighted by molar-refractivity contribution is 5.66. The highest BCUT2D eigenvalue weighted by Crippen LogP contribution is 2.24. The number of aliphatic hydroxyl groups is 3. The Bertz CT molecular complexity index is 524. The van der Waals surface area contributed by atoms with Crippen LogP contribution in [0.1, 0.15) is 76.8 Å². The Balaban J connectivity index is 3.49. The largest absolute Gasteiger partial charge is 0.515 e. The van der Waals surface area contributed by atoms with E-state index in [2.05, 4.69) is 15.0 Å². The zero-order chi connectivity index (χ0) is 17.9. The van der Waals surface area contributed by atoms with Gasteiger partial charge in [-0.3, -0.25) is 0 Å². The molecule has 3 N–H and O–H groups in total. The molecule has 6 heteroatoms. The predicted octanol–water partition coefficient (Wildman–Crippen LogP) is 4.97. The first kappa shape index (κ1) is 19.7. The Labute approximate surface area is 143 Å². The number of aromatic nitrogens is 3. The molecular formula is C18H27N3O3. The number of nitrogens with zero attached hydrogens (tertiary/aromatic N) is 3. The van der Waals surface area contributed by atoms with E-state index in [-0.39, 0.29) is 0 Å². The van der Waals surface area contributed by atoms with Gasteiger partial charge in [-0.2, -0.15) is 0 Å². The molecule has 1 aromatic rings. The van der Waals surface area contributed by atoms with Crippen molar-refractivity contribution < 1.29 is 15.3 Å². The van der Waals surface area contributed by atoms with Crippen molar-refractivity contribution >= 4 is 16.7 Å². The third-order valence-corrected chi connectivity index (χ3v) is 3.52. The van der Waals surface area contributed by atoms with E-state index < -0.39 is 0 Å². The van der Waals surface area contributed by atoms with Gasteiger partial charge < -0.3 is 15.3 Å². The van der Waals surface area contributed by atoms with Gasteiger partial charge in [-0.1, -0.05) is 40.0 Å². The van der Waals surface area contributed by atoms with E-state index >= 15 is 0 Å². The standard InChI is InChI=1S/C18H27N3O3/c1-4-7-13(10-22)16-19-17(14(11-23)8-5-2)21-18(20-16)15(12-24)9-6-3/h10-12,22-24H,4-9H2,1-3H3/b13-10-,14-11+,15-12+. The molecule has 1 aromatic heterocycles. The summed E-state index contributed by atoms with van der Waals surface area (Å²) in [5.74, 6) is 1.10. The molecule has 0 aliphatic rings. The average Bonchev–Trinajstić information content (AvgIpc) is 2.61. The van der Waals surface area contributed by atoms with Crippen LogP contribution in [0.15, 0.2) is 18.8 Å². The third kappa shape index (κ3) is 5.08. The van der Waals surface area contributed by atoms with Gasteiger partial charge in [0.25, 0.3) is 0 Å². The van der Waals surface area contributed by atoms with Crippen molar-refractivity contribution in [1.29, 1.82) is 0 Å². The van der Waals surface area contributed by atoms with Crippen LogP contribution in [0.2, 0.25) is 0 Å². The van der Waals surface area contributed by atoms with Crippen LogP contribution in [0.4, 0.5) is 0 Å². The van der Waals surface area contributed by atoms with E-state index in [0.29, 0.717) is 53.5 Å². The van der Waals surface area contributed by atoms with Crippen molar-refractivity contribution in [3.63, 3.8) is 0 Å². The molecule has 0 unspecified atom stereocenters. The summed E-state index contributed by atoms with van der Waals surface area (Å²) in [6.45, 7) is 6.00. The SMILES string of the molecule is CCC/C(=C/O)c1nc(/C(=C/O)CCC)nc(/C(=C/O)CCC)n1. The summed E-state index contributed by atoms with van der Waals surface area (Å²) in [7, 11) is 0. The number of hydrogen-bond acceptors (Lipinski definition) is 6. The van der Waals surface area contributed by atoms with Crippen molar-refractivity contribution in [1.82, 2.24) is 15.0 Å². The quantitative estimate of drug-likeness (QED) is 0.552. The molecular weight excluding hydrogens is 306 g/mol. The van der Waals surface area contributed by atoms with Crippen LogP contribution in [0.25, 0.3) is 16.7 Å². The lowest BCUT2D eigenvalue weighted by atomic mass is 10.1. The predicted molar refractivity (Wildman–Crippen MR) is 96.4 cm³/mol. The molecule has 0 aliphatic heterocycles. The molecule has 0 aliphatic carbocycles. The van der Waals surface area contributed by atoms with Crippen LogP contribution < -0.4 is 0 Å².